The Bertz CT molecular complexity index is 1220. The third-order valence-electron chi connectivity index (χ3n) is 5.43. The number of aliphatic imine (C=N–C) groups is 1. The largest absolute Gasteiger partial charge is 0.490 e. The van der Waals surface area contributed by atoms with E-state index in [2.05, 4.69) is 20.9 Å². The van der Waals surface area contributed by atoms with Gasteiger partial charge in [-0.2, -0.15) is 4.99 Å². The molecular weight excluding hydrogens is 564 g/mol. The van der Waals surface area contributed by atoms with Crippen molar-refractivity contribution in [3.8, 4) is 11.5 Å². The minimum atomic E-state index is -3.19. The molecule has 2 atom stereocenters. The summed E-state index contributed by atoms with van der Waals surface area (Å²) in [6.45, 7) is 4.68. The lowest BCUT2D eigenvalue weighted by Crippen LogP contribution is -2.38. The average Bonchev–Trinajstić information content (AvgIpc) is 3.22. The maximum Gasteiger partial charge on any atom is 0.252 e. The van der Waals surface area contributed by atoms with Gasteiger partial charge in [-0.1, -0.05) is 35.5 Å². The Labute approximate surface area is 216 Å². The Hall–Kier alpha value is -1.75. The molecule has 0 radical (unpaired) electrons. The van der Waals surface area contributed by atoms with Gasteiger partial charge in [0.1, 0.15) is 0 Å². The molecule has 34 heavy (non-hydrogen) atoms. The van der Waals surface area contributed by atoms with Crippen LogP contribution in [0.25, 0.3) is 0 Å². The molecule has 0 unspecified atom stereocenters. The summed E-state index contributed by atoms with van der Waals surface area (Å²) in [5.74, 6) is 0.864. The fourth-order valence-corrected chi connectivity index (χ4v) is 8.58. The Balaban J connectivity index is 1.71. The number of hydrogen-bond donors (Lipinski definition) is 0. The zero-order valence-electron chi connectivity index (χ0n) is 18.7. The second kappa shape index (κ2) is 10.5. The van der Waals surface area contributed by atoms with E-state index in [0.717, 1.165) is 5.56 Å². The average molecular weight is 588 g/mol. The molecule has 2 aliphatic heterocycles. The normalized spacial score (nSPS) is 22.1. The number of carbonyl (C=O) groups is 1. The second-order valence-electron chi connectivity index (χ2n) is 7.88. The van der Waals surface area contributed by atoms with Crippen LogP contribution in [0.5, 0.6) is 11.5 Å². The topological polar surface area (TPSA) is 85.3 Å². The lowest BCUT2D eigenvalue weighted by molar-refractivity contribution is -0.117. The third-order valence-corrected chi connectivity index (χ3v) is 9.52. The first-order valence-corrected chi connectivity index (χ1v) is 14.7. The lowest BCUT2D eigenvalue weighted by Gasteiger charge is -2.27. The van der Waals surface area contributed by atoms with E-state index in [4.69, 9.17) is 21.1 Å². The number of sulfone groups is 1. The lowest BCUT2D eigenvalue weighted by atomic mass is 10.1. The molecule has 7 nitrogen and oxygen atoms in total. The summed E-state index contributed by atoms with van der Waals surface area (Å²) in [6, 6.07) is 10.3. The number of hydrogen-bond acceptors (Lipinski definition) is 6. The van der Waals surface area contributed by atoms with E-state index in [-0.39, 0.29) is 35.1 Å². The number of amidine groups is 1. The smallest absolute Gasteiger partial charge is 0.252 e. The van der Waals surface area contributed by atoms with Gasteiger partial charge < -0.3 is 14.4 Å². The summed E-state index contributed by atoms with van der Waals surface area (Å²) in [5, 5.41) is 0.872. The van der Waals surface area contributed by atoms with Crippen molar-refractivity contribution in [2.45, 2.75) is 31.6 Å². The number of rotatable bonds is 7. The molecule has 1 amide bonds. The number of amides is 1. The number of nitrogens with zero attached hydrogens (tertiary/aromatic N) is 2. The first kappa shape index (κ1) is 25.3. The molecule has 0 spiro atoms. The van der Waals surface area contributed by atoms with Gasteiger partial charge in [-0.15, -0.1) is 0 Å². The van der Waals surface area contributed by atoms with Crippen LogP contribution in [0.2, 0.25) is 5.02 Å². The van der Waals surface area contributed by atoms with Crippen molar-refractivity contribution < 1.29 is 22.7 Å². The molecule has 0 aliphatic carbocycles. The number of benzene rings is 2. The molecule has 11 heteroatoms. The van der Waals surface area contributed by atoms with Crippen LogP contribution in [0.4, 0.5) is 5.69 Å². The third kappa shape index (κ3) is 5.56. The molecule has 0 bridgehead atoms. The van der Waals surface area contributed by atoms with Gasteiger partial charge in [-0.25, -0.2) is 8.42 Å². The SMILES string of the molecule is CCOc1cc(Br)c(N2C(=NC(=O)Cc3ccc(Cl)cc3)S[C@H]3CS(=O)(=O)C[C@@H]32)cc1OCC. The van der Waals surface area contributed by atoms with Crippen LogP contribution >= 0.6 is 39.3 Å². The number of anilines is 1. The highest BCUT2D eigenvalue weighted by atomic mass is 79.9. The molecule has 2 heterocycles. The molecule has 2 aromatic rings. The number of ether oxygens (including phenoxy) is 2. The predicted molar refractivity (Wildman–Crippen MR) is 140 cm³/mol. The molecule has 0 aromatic heterocycles. The van der Waals surface area contributed by atoms with E-state index in [1.807, 2.05) is 24.8 Å². The summed E-state index contributed by atoms with van der Waals surface area (Å²) in [4.78, 5) is 19.1. The summed E-state index contributed by atoms with van der Waals surface area (Å²) in [6.07, 6.45) is 0.122. The summed E-state index contributed by atoms with van der Waals surface area (Å²) >= 11 is 10.9. The summed E-state index contributed by atoms with van der Waals surface area (Å²) < 4.78 is 37.0. The maximum atomic E-state index is 12.8. The maximum absolute atomic E-state index is 12.8. The van der Waals surface area contributed by atoms with Crippen LogP contribution in [0.3, 0.4) is 0 Å². The minimum Gasteiger partial charge on any atom is -0.490 e. The quantitative estimate of drug-likeness (QED) is 0.462. The van der Waals surface area contributed by atoms with Gasteiger partial charge in [0.05, 0.1) is 42.9 Å². The molecule has 2 aliphatic rings. The van der Waals surface area contributed by atoms with Gasteiger partial charge in [0.15, 0.2) is 26.5 Å². The molecule has 0 saturated carbocycles. The summed E-state index contributed by atoms with van der Waals surface area (Å²) in [7, 11) is -3.19. The van der Waals surface area contributed by atoms with Crippen LogP contribution in [0, 0.1) is 0 Å². The molecular formula is C23H24BrClN2O5S2. The highest BCUT2D eigenvalue weighted by Crippen LogP contribution is 2.46. The Morgan fingerprint density at radius 2 is 1.79 bits per heavy atom. The van der Waals surface area contributed by atoms with Crippen LogP contribution < -0.4 is 14.4 Å². The molecule has 4 rings (SSSR count). The van der Waals surface area contributed by atoms with Gasteiger partial charge in [-0.3, -0.25) is 4.79 Å². The van der Waals surface area contributed by atoms with Crippen molar-refractivity contribution in [2.75, 3.05) is 29.6 Å². The number of carbonyl (C=O) groups excluding carboxylic acids is 1. The molecule has 2 aromatic carbocycles. The predicted octanol–water partition coefficient (Wildman–Crippen LogP) is 4.74. The fourth-order valence-electron chi connectivity index (χ4n) is 4.01. The number of fused-ring (bicyclic) bond motifs is 1. The molecule has 2 saturated heterocycles. The van der Waals surface area contributed by atoms with Crippen molar-refractivity contribution >= 4 is 65.9 Å². The van der Waals surface area contributed by atoms with E-state index in [9.17, 15) is 13.2 Å². The highest BCUT2D eigenvalue weighted by molar-refractivity contribution is 9.10. The Kier molecular flexibility index (Phi) is 7.81. The van der Waals surface area contributed by atoms with Crippen molar-refractivity contribution in [1.29, 1.82) is 0 Å². The van der Waals surface area contributed by atoms with Gasteiger partial charge in [0, 0.05) is 26.9 Å². The van der Waals surface area contributed by atoms with Gasteiger partial charge >= 0.3 is 0 Å². The van der Waals surface area contributed by atoms with E-state index < -0.39 is 9.84 Å². The van der Waals surface area contributed by atoms with Crippen molar-refractivity contribution in [3.05, 3.63) is 51.5 Å². The van der Waals surface area contributed by atoms with Crippen molar-refractivity contribution in [1.82, 2.24) is 0 Å². The molecule has 0 N–H and O–H groups in total. The van der Waals surface area contributed by atoms with Crippen LogP contribution in [-0.2, 0) is 21.1 Å². The Morgan fingerprint density at radius 1 is 1.15 bits per heavy atom. The summed E-state index contributed by atoms with van der Waals surface area (Å²) in [5.41, 5.74) is 1.49. The van der Waals surface area contributed by atoms with Crippen LogP contribution in [0.15, 0.2) is 45.9 Å². The van der Waals surface area contributed by atoms with Gasteiger partial charge in [0.2, 0.25) is 0 Å². The zero-order chi connectivity index (χ0) is 24.5. The number of halogens is 2. The van der Waals surface area contributed by atoms with E-state index >= 15 is 0 Å². The van der Waals surface area contributed by atoms with Gasteiger partial charge in [0.25, 0.3) is 5.91 Å². The van der Waals surface area contributed by atoms with Crippen LogP contribution in [-0.4, -0.2) is 55.5 Å². The second-order valence-corrected chi connectivity index (χ2v) is 12.5. The first-order chi connectivity index (χ1) is 16.2. The Morgan fingerprint density at radius 3 is 2.44 bits per heavy atom. The molecule has 182 valence electrons. The molecule has 2 fully saturated rings. The van der Waals surface area contributed by atoms with E-state index in [1.165, 1.54) is 11.8 Å². The van der Waals surface area contributed by atoms with Gasteiger partial charge in [-0.05, 0) is 47.5 Å². The standard InChI is InChI=1S/C23H24BrClN2O5S2/c1-3-31-19-10-16(24)17(11-20(19)32-4-2)27-18-12-34(29,30)13-21(18)33-23(27)26-22(28)9-14-5-7-15(25)8-6-14/h5-8,10-11,18,21H,3-4,9,12-13H2,1-2H3/t18-,21-/m0/s1. The monoisotopic (exact) mass is 586 g/mol. The zero-order valence-corrected chi connectivity index (χ0v) is 22.6. The first-order valence-electron chi connectivity index (χ1n) is 10.8. The van der Waals surface area contributed by atoms with Crippen LogP contribution in [0.1, 0.15) is 19.4 Å². The van der Waals surface area contributed by atoms with Crippen molar-refractivity contribution in [2.24, 2.45) is 4.99 Å². The minimum absolute atomic E-state index is 0.00131. The number of thioether (sulfide) groups is 1. The van der Waals surface area contributed by atoms with Crippen molar-refractivity contribution in [3.63, 3.8) is 0 Å². The fraction of sp³-hybridized carbons (Fsp3) is 0.391. The van der Waals surface area contributed by atoms with E-state index in [1.54, 1.807) is 30.3 Å². The van der Waals surface area contributed by atoms with E-state index in [0.29, 0.717) is 45.1 Å². The highest BCUT2D eigenvalue weighted by Gasteiger charge is 2.50.